The van der Waals surface area contributed by atoms with E-state index < -0.39 is 15.8 Å². The van der Waals surface area contributed by atoms with E-state index in [-0.39, 0.29) is 11.4 Å². The summed E-state index contributed by atoms with van der Waals surface area (Å²) in [7, 11) is 2.30. The maximum Gasteiger partial charge on any atom is 0.241 e. The SMILES string of the molecule is [B]c1cnn2c(NCC3=CC=C(CNS(=O)(=O)c4cc(F)ccc4C)CC3)cc(C3=C(Cl)CCC=C3)nc12. The fourth-order valence-corrected chi connectivity index (χ4v) is 6.02. The maximum absolute atomic E-state index is 13.6. The van der Waals surface area contributed by atoms with Gasteiger partial charge in [-0.15, -0.1) is 0 Å². The lowest BCUT2D eigenvalue weighted by Gasteiger charge is -2.18. The Morgan fingerprint density at radius 3 is 2.63 bits per heavy atom. The molecular formula is C27H26BClFN5O2S. The molecule has 0 saturated heterocycles. The van der Waals surface area contributed by atoms with Crippen LogP contribution in [0.5, 0.6) is 0 Å². The summed E-state index contributed by atoms with van der Waals surface area (Å²) < 4.78 is 43.2. The van der Waals surface area contributed by atoms with Crippen LogP contribution in [0.3, 0.4) is 0 Å². The Hall–Kier alpha value is -3.21. The summed E-state index contributed by atoms with van der Waals surface area (Å²) in [6, 6.07) is 5.66. The minimum atomic E-state index is -3.82. The molecule has 0 atom stereocenters. The van der Waals surface area contributed by atoms with Crippen molar-refractivity contribution in [2.75, 3.05) is 18.4 Å². The van der Waals surface area contributed by atoms with Gasteiger partial charge in [-0.25, -0.2) is 22.5 Å². The molecule has 194 valence electrons. The average Bonchev–Trinajstić information content (AvgIpc) is 3.29. The average molecular weight is 550 g/mol. The minimum Gasteiger partial charge on any atom is -0.366 e. The number of rotatable bonds is 8. The lowest BCUT2D eigenvalue weighted by molar-refractivity contribution is 0.578. The van der Waals surface area contributed by atoms with Crippen LogP contribution in [0.15, 0.2) is 75.8 Å². The Morgan fingerprint density at radius 1 is 1.13 bits per heavy atom. The molecule has 1 aromatic carbocycles. The number of nitrogens with one attached hydrogen (secondary N) is 2. The number of anilines is 1. The molecule has 5 rings (SSSR count). The number of aromatic nitrogens is 3. The number of hydrogen-bond donors (Lipinski definition) is 2. The molecule has 2 radical (unpaired) electrons. The van der Waals surface area contributed by atoms with E-state index in [2.05, 4.69) is 26.2 Å². The van der Waals surface area contributed by atoms with E-state index in [1.165, 1.54) is 12.1 Å². The van der Waals surface area contributed by atoms with E-state index in [1.54, 1.807) is 17.6 Å². The molecular weight excluding hydrogens is 524 g/mol. The molecule has 3 aromatic rings. The highest BCUT2D eigenvalue weighted by Crippen LogP contribution is 2.30. The summed E-state index contributed by atoms with van der Waals surface area (Å²) in [5.74, 6) is 0.158. The largest absolute Gasteiger partial charge is 0.366 e. The molecule has 0 amide bonds. The van der Waals surface area contributed by atoms with Crippen LogP contribution in [-0.2, 0) is 10.0 Å². The van der Waals surface area contributed by atoms with E-state index >= 15 is 0 Å². The molecule has 0 aliphatic heterocycles. The van der Waals surface area contributed by atoms with Crippen molar-refractivity contribution in [1.29, 1.82) is 0 Å². The highest BCUT2D eigenvalue weighted by molar-refractivity contribution is 7.89. The van der Waals surface area contributed by atoms with Crippen LogP contribution in [0, 0.1) is 12.7 Å². The first-order valence-corrected chi connectivity index (χ1v) is 14.1. The number of fused-ring (bicyclic) bond motifs is 1. The highest BCUT2D eigenvalue weighted by atomic mass is 35.5. The number of sulfonamides is 1. The van der Waals surface area contributed by atoms with E-state index in [0.29, 0.717) is 29.6 Å². The van der Waals surface area contributed by atoms with Crippen molar-refractivity contribution in [2.45, 2.75) is 37.5 Å². The summed E-state index contributed by atoms with van der Waals surface area (Å²) in [4.78, 5) is 4.64. The van der Waals surface area contributed by atoms with Crippen molar-refractivity contribution >= 4 is 52.0 Å². The number of benzene rings is 1. The van der Waals surface area contributed by atoms with Crippen LogP contribution in [0.1, 0.15) is 36.9 Å². The van der Waals surface area contributed by atoms with Crippen LogP contribution in [-0.4, -0.2) is 44.0 Å². The van der Waals surface area contributed by atoms with Gasteiger partial charge in [-0.05, 0) is 55.8 Å². The molecule has 0 bridgehead atoms. The summed E-state index contributed by atoms with van der Waals surface area (Å²) in [6.45, 7) is 2.38. The van der Waals surface area contributed by atoms with Crippen LogP contribution in [0.4, 0.5) is 10.2 Å². The molecule has 2 aliphatic rings. The number of allylic oxidation sites excluding steroid dienone is 6. The molecule has 0 unspecified atom stereocenters. The molecule has 0 spiro atoms. The zero-order valence-corrected chi connectivity index (χ0v) is 22.4. The van der Waals surface area contributed by atoms with Gasteiger partial charge in [-0.2, -0.15) is 9.61 Å². The number of halogens is 2. The van der Waals surface area contributed by atoms with Gasteiger partial charge in [0.05, 0.1) is 10.6 Å². The molecule has 0 fully saturated rings. The predicted octanol–water partition coefficient (Wildman–Crippen LogP) is 4.31. The van der Waals surface area contributed by atoms with Crippen LogP contribution in [0.2, 0.25) is 0 Å². The second kappa shape index (κ2) is 10.9. The Balaban J connectivity index is 1.28. The van der Waals surface area contributed by atoms with E-state index in [1.807, 2.05) is 24.3 Å². The first-order valence-electron chi connectivity index (χ1n) is 12.3. The molecule has 2 aliphatic carbocycles. The second-order valence-corrected chi connectivity index (χ2v) is 11.6. The normalized spacial score (nSPS) is 16.1. The van der Waals surface area contributed by atoms with E-state index in [9.17, 15) is 12.8 Å². The van der Waals surface area contributed by atoms with Gasteiger partial charge in [0.15, 0.2) is 5.65 Å². The molecule has 2 heterocycles. The fraction of sp³-hybridized carbons (Fsp3) is 0.259. The quantitative estimate of drug-likeness (QED) is 0.409. The van der Waals surface area contributed by atoms with Crippen LogP contribution < -0.4 is 15.5 Å². The zero-order chi connectivity index (χ0) is 26.9. The van der Waals surface area contributed by atoms with Crippen LogP contribution >= 0.6 is 11.6 Å². The summed E-state index contributed by atoms with van der Waals surface area (Å²) in [5, 5.41) is 8.57. The van der Waals surface area contributed by atoms with Crippen molar-refractivity contribution < 1.29 is 12.8 Å². The van der Waals surface area contributed by atoms with Gasteiger partial charge >= 0.3 is 0 Å². The van der Waals surface area contributed by atoms with Gasteiger partial charge in [-0.1, -0.05) is 53.1 Å². The standard InChI is InChI=1S/C27H26BClFN5O2S/c1-17-6-11-20(30)12-25(17)38(36,37)33-15-19-9-7-18(8-10-19)14-31-26-13-24(21-4-2-3-5-23(21)29)34-27-22(28)16-32-35(26)27/h2,4,6-7,9,11-13,16,31,33H,3,5,8,10,14-15H2,1H3. The second-order valence-electron chi connectivity index (χ2n) is 9.36. The van der Waals surface area contributed by atoms with Crippen molar-refractivity contribution in [1.82, 2.24) is 19.3 Å². The summed E-state index contributed by atoms with van der Waals surface area (Å²) in [6.07, 6.45) is 12.7. The number of aryl methyl sites for hydroxylation is 1. The summed E-state index contributed by atoms with van der Waals surface area (Å²) in [5.41, 5.74) is 5.24. The van der Waals surface area contributed by atoms with Gasteiger partial charge in [0, 0.05) is 36.0 Å². The smallest absolute Gasteiger partial charge is 0.241 e. The third kappa shape index (κ3) is 5.62. The van der Waals surface area contributed by atoms with Crippen molar-refractivity contribution in [3.8, 4) is 0 Å². The van der Waals surface area contributed by atoms with Gasteiger partial charge in [0.2, 0.25) is 10.0 Å². The fourth-order valence-electron chi connectivity index (χ4n) is 4.46. The summed E-state index contributed by atoms with van der Waals surface area (Å²) >= 11 is 6.49. The van der Waals surface area contributed by atoms with Crippen molar-refractivity contribution in [3.05, 3.63) is 88.0 Å². The predicted molar refractivity (Wildman–Crippen MR) is 150 cm³/mol. The minimum absolute atomic E-state index is 0.0441. The Bertz CT molecular complexity index is 1640. The van der Waals surface area contributed by atoms with Gasteiger partial charge in [0.25, 0.3) is 0 Å². The first kappa shape index (κ1) is 26.4. The number of hydrogen-bond acceptors (Lipinski definition) is 5. The van der Waals surface area contributed by atoms with Crippen LogP contribution in [0.25, 0.3) is 11.2 Å². The Morgan fingerprint density at radius 2 is 1.89 bits per heavy atom. The molecule has 38 heavy (non-hydrogen) atoms. The topological polar surface area (TPSA) is 88.4 Å². The monoisotopic (exact) mass is 549 g/mol. The third-order valence-corrected chi connectivity index (χ3v) is 8.57. The highest BCUT2D eigenvalue weighted by Gasteiger charge is 2.19. The molecule has 7 nitrogen and oxygen atoms in total. The van der Waals surface area contributed by atoms with E-state index in [4.69, 9.17) is 19.4 Å². The van der Waals surface area contributed by atoms with Crippen molar-refractivity contribution in [2.24, 2.45) is 0 Å². The Labute approximate surface area is 227 Å². The lowest BCUT2D eigenvalue weighted by atomic mass is 9.98. The van der Waals surface area contributed by atoms with Gasteiger partial charge in [0.1, 0.15) is 19.5 Å². The van der Waals surface area contributed by atoms with E-state index in [0.717, 1.165) is 58.6 Å². The molecule has 2 N–H and O–H groups in total. The van der Waals surface area contributed by atoms with Gasteiger partial charge in [-0.3, -0.25) is 0 Å². The zero-order valence-electron chi connectivity index (χ0n) is 20.8. The Kier molecular flexibility index (Phi) is 7.56. The lowest BCUT2D eigenvalue weighted by Crippen LogP contribution is -2.27. The maximum atomic E-state index is 13.6. The van der Waals surface area contributed by atoms with Gasteiger partial charge < -0.3 is 5.32 Å². The first-order chi connectivity index (χ1) is 18.2. The third-order valence-electron chi connectivity index (χ3n) is 6.63. The molecule has 0 saturated carbocycles. The molecule has 2 aromatic heterocycles. The molecule has 11 heteroatoms. The number of nitrogens with zero attached hydrogens (tertiary/aromatic N) is 3. The van der Waals surface area contributed by atoms with Crippen molar-refractivity contribution in [3.63, 3.8) is 0 Å².